The molecule has 6 nitrogen and oxygen atoms in total. The molecule has 0 aliphatic carbocycles. The van der Waals surface area contributed by atoms with E-state index in [1.807, 2.05) is 11.8 Å². The summed E-state index contributed by atoms with van der Waals surface area (Å²) >= 11 is 1.91. The fourth-order valence-electron chi connectivity index (χ4n) is 1.84. The molecule has 0 unspecified atom stereocenters. The average Bonchev–Trinajstić information content (AvgIpc) is 2.47. The minimum Gasteiger partial charge on any atom is -0.409 e. The van der Waals surface area contributed by atoms with Crippen LogP contribution in [0, 0.1) is 0 Å². The minimum absolute atomic E-state index is 0.0243. The molecule has 7 heteroatoms. The number of hydrogen-bond donors (Lipinski definition) is 3. The van der Waals surface area contributed by atoms with E-state index in [9.17, 15) is 4.79 Å². The van der Waals surface area contributed by atoms with Crippen LogP contribution in [0.25, 0.3) is 0 Å². The van der Waals surface area contributed by atoms with Gasteiger partial charge in [-0.2, -0.15) is 11.8 Å². The monoisotopic (exact) mass is 280 g/mol. The normalized spacial score (nSPS) is 17.2. The number of amidine groups is 1. The summed E-state index contributed by atoms with van der Waals surface area (Å²) in [5, 5.41) is 14.4. The van der Waals surface area contributed by atoms with Gasteiger partial charge in [-0.25, -0.2) is 0 Å². The van der Waals surface area contributed by atoms with E-state index in [4.69, 9.17) is 10.9 Å². The smallest absolute Gasteiger partial charge is 0.270 e. The number of nitrogens with one attached hydrogen (secondary N) is 1. The molecule has 1 fully saturated rings. The maximum Gasteiger partial charge on any atom is 0.270 e. The highest BCUT2D eigenvalue weighted by Crippen LogP contribution is 2.17. The summed E-state index contributed by atoms with van der Waals surface area (Å²) in [5.74, 6) is 1.97. The summed E-state index contributed by atoms with van der Waals surface area (Å²) in [6.07, 6.45) is 3.41. The van der Waals surface area contributed by atoms with E-state index in [2.05, 4.69) is 15.5 Å². The van der Waals surface area contributed by atoms with Gasteiger partial charge in [-0.1, -0.05) is 5.16 Å². The summed E-state index contributed by atoms with van der Waals surface area (Å²) in [7, 11) is 0. The lowest BCUT2D eigenvalue weighted by molar-refractivity contribution is 0.0930. The average molecular weight is 280 g/mol. The zero-order valence-electron chi connectivity index (χ0n) is 10.4. The first-order chi connectivity index (χ1) is 9.20. The molecule has 2 heterocycles. The Morgan fingerprint density at radius 1 is 1.47 bits per heavy atom. The van der Waals surface area contributed by atoms with Gasteiger partial charge in [0.1, 0.15) is 5.69 Å². The second-order valence-corrected chi connectivity index (χ2v) is 5.50. The van der Waals surface area contributed by atoms with Crippen LogP contribution in [0.3, 0.4) is 0 Å². The van der Waals surface area contributed by atoms with Crippen molar-refractivity contribution in [3.63, 3.8) is 0 Å². The summed E-state index contributed by atoms with van der Waals surface area (Å²) in [4.78, 5) is 16.0. The van der Waals surface area contributed by atoms with Crippen LogP contribution >= 0.6 is 11.8 Å². The van der Waals surface area contributed by atoms with E-state index in [0.717, 1.165) is 24.3 Å². The lowest BCUT2D eigenvalue weighted by atomic mass is 10.1. The van der Waals surface area contributed by atoms with E-state index in [1.54, 1.807) is 12.1 Å². The molecule has 19 heavy (non-hydrogen) atoms. The van der Waals surface area contributed by atoms with Crippen molar-refractivity contribution in [2.45, 2.75) is 18.9 Å². The molecule has 0 radical (unpaired) electrons. The number of aromatic nitrogens is 1. The molecule has 0 saturated carbocycles. The molecular weight excluding hydrogens is 264 g/mol. The van der Waals surface area contributed by atoms with Crippen molar-refractivity contribution >= 4 is 23.5 Å². The molecule has 2 rings (SSSR count). The molecule has 0 atom stereocenters. The number of pyridine rings is 1. The van der Waals surface area contributed by atoms with Gasteiger partial charge in [-0.3, -0.25) is 9.78 Å². The third-order valence-electron chi connectivity index (χ3n) is 2.96. The fourth-order valence-corrected chi connectivity index (χ4v) is 2.95. The van der Waals surface area contributed by atoms with Crippen LogP contribution in [0.2, 0.25) is 0 Å². The van der Waals surface area contributed by atoms with Gasteiger partial charge in [0.15, 0.2) is 5.84 Å². The second kappa shape index (κ2) is 6.42. The van der Waals surface area contributed by atoms with E-state index >= 15 is 0 Å². The Bertz CT molecular complexity index is 469. The number of rotatable bonds is 3. The van der Waals surface area contributed by atoms with E-state index in [1.165, 1.54) is 6.20 Å². The highest BCUT2D eigenvalue weighted by Gasteiger charge is 2.17. The van der Waals surface area contributed by atoms with Crippen molar-refractivity contribution in [2.24, 2.45) is 10.9 Å². The Hall–Kier alpha value is -1.76. The van der Waals surface area contributed by atoms with Crippen LogP contribution < -0.4 is 11.1 Å². The third-order valence-corrected chi connectivity index (χ3v) is 4.00. The van der Waals surface area contributed by atoms with Crippen LogP contribution in [0.15, 0.2) is 23.5 Å². The van der Waals surface area contributed by atoms with Crippen LogP contribution in [0.4, 0.5) is 0 Å². The molecule has 102 valence electrons. The van der Waals surface area contributed by atoms with Crippen molar-refractivity contribution < 1.29 is 10.0 Å². The van der Waals surface area contributed by atoms with Crippen molar-refractivity contribution in [1.29, 1.82) is 0 Å². The largest absolute Gasteiger partial charge is 0.409 e. The van der Waals surface area contributed by atoms with Crippen LogP contribution in [-0.4, -0.2) is 39.5 Å². The lowest BCUT2D eigenvalue weighted by Crippen LogP contribution is -2.37. The number of carbonyl (C=O) groups excluding carboxylic acids is 1. The van der Waals surface area contributed by atoms with Gasteiger partial charge in [0, 0.05) is 17.8 Å². The third kappa shape index (κ3) is 3.60. The SMILES string of the molecule is N/C(=N/O)c1ccc(C(=O)NC2CCSCC2)nc1. The molecule has 0 aromatic carbocycles. The number of carbonyl (C=O) groups is 1. The van der Waals surface area contributed by atoms with Crippen molar-refractivity contribution in [2.75, 3.05) is 11.5 Å². The molecule has 1 aliphatic rings. The number of thioether (sulfide) groups is 1. The molecule has 4 N–H and O–H groups in total. The van der Waals surface area contributed by atoms with Gasteiger partial charge in [0.25, 0.3) is 5.91 Å². The molecular formula is C12H16N4O2S. The van der Waals surface area contributed by atoms with Crippen LogP contribution in [0.1, 0.15) is 28.9 Å². The van der Waals surface area contributed by atoms with Gasteiger partial charge in [-0.05, 0) is 36.5 Å². The molecule has 1 saturated heterocycles. The summed E-state index contributed by atoms with van der Waals surface area (Å²) in [5.41, 5.74) is 6.25. The van der Waals surface area contributed by atoms with E-state index in [0.29, 0.717) is 11.3 Å². The highest BCUT2D eigenvalue weighted by molar-refractivity contribution is 7.99. The Labute approximate surface area is 115 Å². The number of nitrogens with two attached hydrogens (primary N) is 1. The standard InChI is InChI=1S/C12H16N4O2S/c13-11(16-18)8-1-2-10(14-7-8)12(17)15-9-3-5-19-6-4-9/h1-2,7,9,18H,3-6H2,(H2,13,16)(H,15,17). The molecule has 1 amide bonds. The number of hydrogen-bond acceptors (Lipinski definition) is 5. The molecule has 0 bridgehead atoms. The summed E-state index contributed by atoms with van der Waals surface area (Å²) < 4.78 is 0. The zero-order chi connectivity index (χ0) is 13.7. The Morgan fingerprint density at radius 3 is 2.79 bits per heavy atom. The Balaban J connectivity index is 1.99. The highest BCUT2D eigenvalue weighted by atomic mass is 32.2. The predicted molar refractivity (Wildman–Crippen MR) is 74.6 cm³/mol. The van der Waals surface area contributed by atoms with Crippen molar-refractivity contribution in [3.8, 4) is 0 Å². The minimum atomic E-state index is -0.178. The van der Waals surface area contributed by atoms with Gasteiger partial charge in [0.05, 0.1) is 0 Å². The fraction of sp³-hybridized carbons (Fsp3) is 0.417. The van der Waals surface area contributed by atoms with Crippen molar-refractivity contribution in [3.05, 3.63) is 29.6 Å². The van der Waals surface area contributed by atoms with E-state index < -0.39 is 0 Å². The molecule has 1 aliphatic heterocycles. The molecule has 0 spiro atoms. The lowest BCUT2D eigenvalue weighted by Gasteiger charge is -2.22. The molecule has 1 aromatic heterocycles. The predicted octanol–water partition coefficient (Wildman–Crippen LogP) is 0.801. The quantitative estimate of drug-likeness (QED) is 0.329. The van der Waals surface area contributed by atoms with Gasteiger partial charge < -0.3 is 16.3 Å². The van der Waals surface area contributed by atoms with Crippen molar-refractivity contribution in [1.82, 2.24) is 10.3 Å². The second-order valence-electron chi connectivity index (χ2n) is 4.28. The summed E-state index contributed by atoms with van der Waals surface area (Å²) in [6, 6.07) is 3.41. The first-order valence-electron chi connectivity index (χ1n) is 6.03. The Kier molecular flexibility index (Phi) is 4.62. The number of amides is 1. The van der Waals surface area contributed by atoms with Gasteiger partial charge in [-0.15, -0.1) is 0 Å². The van der Waals surface area contributed by atoms with E-state index in [-0.39, 0.29) is 17.8 Å². The van der Waals surface area contributed by atoms with Gasteiger partial charge >= 0.3 is 0 Å². The van der Waals surface area contributed by atoms with Gasteiger partial charge in [0.2, 0.25) is 0 Å². The first-order valence-corrected chi connectivity index (χ1v) is 7.18. The topological polar surface area (TPSA) is 101 Å². The van der Waals surface area contributed by atoms with Crippen LogP contribution in [-0.2, 0) is 0 Å². The molecule has 1 aromatic rings. The maximum absolute atomic E-state index is 12.0. The zero-order valence-corrected chi connectivity index (χ0v) is 11.2. The first kappa shape index (κ1) is 13.7. The summed E-state index contributed by atoms with van der Waals surface area (Å²) in [6.45, 7) is 0. The Morgan fingerprint density at radius 2 is 2.21 bits per heavy atom. The van der Waals surface area contributed by atoms with Crippen LogP contribution in [0.5, 0.6) is 0 Å². The number of nitrogens with zero attached hydrogens (tertiary/aromatic N) is 2. The maximum atomic E-state index is 12.0. The number of oxime groups is 1.